The maximum Gasteiger partial charge on any atom is 0.259 e. The fourth-order valence-electron chi connectivity index (χ4n) is 4.52. The molecule has 3 aromatic carbocycles. The van der Waals surface area contributed by atoms with Crippen LogP contribution in [0.1, 0.15) is 39.1 Å². The average molecular weight is 502 g/mol. The third-order valence-corrected chi connectivity index (χ3v) is 6.58. The number of pyridine rings is 1. The van der Waals surface area contributed by atoms with E-state index >= 15 is 0 Å². The molecular weight excluding hydrogens is 481 g/mol. The monoisotopic (exact) mass is 501 g/mol. The molecule has 7 heteroatoms. The number of nitrogens with zero attached hydrogens (tertiary/aromatic N) is 2. The number of benzene rings is 3. The van der Waals surface area contributed by atoms with E-state index in [1.165, 1.54) is 0 Å². The van der Waals surface area contributed by atoms with E-state index < -0.39 is 12.0 Å². The summed E-state index contributed by atoms with van der Waals surface area (Å²) in [5, 5.41) is 4.09. The van der Waals surface area contributed by atoms with Gasteiger partial charge in [-0.2, -0.15) is 0 Å². The second-order valence-electron chi connectivity index (χ2n) is 8.37. The summed E-state index contributed by atoms with van der Waals surface area (Å²) < 4.78 is 0. The topological polar surface area (TPSA) is 62.3 Å². The Kier molecular flexibility index (Phi) is 6.29. The third kappa shape index (κ3) is 4.53. The van der Waals surface area contributed by atoms with Crippen LogP contribution < -0.4 is 10.2 Å². The van der Waals surface area contributed by atoms with Gasteiger partial charge in [-0.1, -0.05) is 59.6 Å². The van der Waals surface area contributed by atoms with Crippen molar-refractivity contribution in [3.63, 3.8) is 0 Å². The Morgan fingerprint density at radius 2 is 1.51 bits per heavy atom. The number of aromatic nitrogens is 1. The molecule has 1 aliphatic heterocycles. The van der Waals surface area contributed by atoms with E-state index in [2.05, 4.69) is 10.3 Å². The lowest BCUT2D eigenvalue weighted by Crippen LogP contribution is -2.46. The predicted molar refractivity (Wildman–Crippen MR) is 139 cm³/mol. The first-order chi connectivity index (χ1) is 16.9. The van der Waals surface area contributed by atoms with E-state index in [4.69, 9.17) is 23.2 Å². The molecule has 1 aromatic heterocycles. The molecule has 2 unspecified atom stereocenters. The Morgan fingerprint density at radius 3 is 2.20 bits per heavy atom. The SMILES string of the molecule is Cc1cccc(NC(=O)C2c3ccccc3C(=O)N(c3ccc(Cl)cc3)C2c2ccc(Cl)cc2)n1. The standard InChI is InChI=1S/C28H21Cl2N3O2/c1-17-5-4-8-24(31-17)32-27(34)25-22-6-2-3-7-23(22)28(35)33(21-15-13-20(30)14-16-21)26(25)18-9-11-19(29)12-10-18/h2-16,25-26H,1H3,(H,31,32,34). The van der Waals surface area contributed by atoms with Crippen LogP contribution >= 0.6 is 23.2 Å². The number of hydrogen-bond acceptors (Lipinski definition) is 3. The first-order valence-corrected chi connectivity index (χ1v) is 11.9. The smallest absolute Gasteiger partial charge is 0.259 e. The van der Waals surface area contributed by atoms with Crippen molar-refractivity contribution in [2.45, 2.75) is 18.9 Å². The molecule has 0 aliphatic carbocycles. The van der Waals surface area contributed by atoms with Crippen LogP contribution in [0.4, 0.5) is 11.5 Å². The van der Waals surface area contributed by atoms with Crippen molar-refractivity contribution in [3.05, 3.63) is 123 Å². The molecule has 174 valence electrons. The summed E-state index contributed by atoms with van der Waals surface area (Å²) in [4.78, 5) is 33.8. The van der Waals surface area contributed by atoms with Gasteiger partial charge < -0.3 is 5.32 Å². The van der Waals surface area contributed by atoms with Gasteiger partial charge in [-0.15, -0.1) is 0 Å². The van der Waals surface area contributed by atoms with Gasteiger partial charge in [0.2, 0.25) is 5.91 Å². The van der Waals surface area contributed by atoms with Crippen LogP contribution in [0.2, 0.25) is 10.0 Å². The highest BCUT2D eigenvalue weighted by Gasteiger charge is 2.45. The second-order valence-corrected chi connectivity index (χ2v) is 9.24. The van der Waals surface area contributed by atoms with Crippen molar-refractivity contribution in [2.75, 3.05) is 10.2 Å². The number of hydrogen-bond donors (Lipinski definition) is 1. The molecule has 0 fully saturated rings. The van der Waals surface area contributed by atoms with Crippen molar-refractivity contribution in [2.24, 2.45) is 0 Å². The van der Waals surface area contributed by atoms with Crippen molar-refractivity contribution in [3.8, 4) is 0 Å². The number of amides is 2. The second kappa shape index (κ2) is 9.53. The maximum atomic E-state index is 13.9. The normalized spacial score (nSPS) is 17.1. The molecule has 0 saturated heterocycles. The van der Waals surface area contributed by atoms with Gasteiger partial charge in [-0.05, 0) is 72.6 Å². The number of nitrogens with one attached hydrogen (secondary N) is 1. The Hall–Kier alpha value is -3.67. The molecule has 2 heterocycles. The molecule has 0 radical (unpaired) electrons. The van der Waals surface area contributed by atoms with Gasteiger partial charge in [0, 0.05) is 27.0 Å². The molecule has 4 aromatic rings. The molecule has 1 aliphatic rings. The lowest BCUT2D eigenvalue weighted by molar-refractivity contribution is -0.118. The molecule has 5 rings (SSSR count). The highest BCUT2D eigenvalue weighted by Crippen LogP contribution is 2.45. The quantitative estimate of drug-likeness (QED) is 0.333. The zero-order chi connectivity index (χ0) is 24.5. The largest absolute Gasteiger partial charge is 0.310 e. The van der Waals surface area contributed by atoms with Crippen LogP contribution in [0.25, 0.3) is 0 Å². The van der Waals surface area contributed by atoms with Gasteiger partial charge in [0.15, 0.2) is 0 Å². The van der Waals surface area contributed by atoms with Crippen LogP contribution in [-0.2, 0) is 4.79 Å². The summed E-state index contributed by atoms with van der Waals surface area (Å²) in [5.74, 6) is -0.706. The Morgan fingerprint density at radius 1 is 0.857 bits per heavy atom. The van der Waals surface area contributed by atoms with Gasteiger partial charge in [0.05, 0.1) is 12.0 Å². The van der Waals surface area contributed by atoms with Crippen LogP contribution in [0, 0.1) is 6.92 Å². The summed E-state index contributed by atoms with van der Waals surface area (Å²) in [7, 11) is 0. The Balaban J connectivity index is 1.69. The number of rotatable bonds is 4. The number of fused-ring (bicyclic) bond motifs is 1. The van der Waals surface area contributed by atoms with Crippen molar-refractivity contribution >= 4 is 46.5 Å². The molecule has 2 amide bonds. The van der Waals surface area contributed by atoms with Crippen LogP contribution in [0.15, 0.2) is 91.0 Å². The van der Waals surface area contributed by atoms with E-state index in [9.17, 15) is 9.59 Å². The highest BCUT2D eigenvalue weighted by molar-refractivity contribution is 6.31. The summed E-state index contributed by atoms with van der Waals surface area (Å²) in [6, 6.07) is 26.3. The van der Waals surface area contributed by atoms with Crippen molar-refractivity contribution < 1.29 is 9.59 Å². The van der Waals surface area contributed by atoms with Gasteiger partial charge in [0.25, 0.3) is 5.91 Å². The lowest BCUT2D eigenvalue weighted by atomic mass is 9.79. The molecule has 0 spiro atoms. The fraction of sp³-hybridized carbons (Fsp3) is 0.107. The summed E-state index contributed by atoms with van der Waals surface area (Å²) >= 11 is 12.3. The first-order valence-electron chi connectivity index (χ1n) is 11.1. The van der Waals surface area contributed by atoms with E-state index in [0.717, 1.165) is 11.3 Å². The highest BCUT2D eigenvalue weighted by atomic mass is 35.5. The summed E-state index contributed by atoms with van der Waals surface area (Å²) in [6.07, 6.45) is 0. The summed E-state index contributed by atoms with van der Waals surface area (Å²) in [5.41, 5.74) is 3.35. The molecule has 0 bridgehead atoms. The van der Waals surface area contributed by atoms with Crippen LogP contribution in [-0.4, -0.2) is 16.8 Å². The van der Waals surface area contributed by atoms with E-state index in [-0.39, 0.29) is 11.8 Å². The van der Waals surface area contributed by atoms with Gasteiger partial charge in [-0.3, -0.25) is 14.5 Å². The average Bonchev–Trinajstić information content (AvgIpc) is 2.85. The van der Waals surface area contributed by atoms with Gasteiger partial charge in [0.1, 0.15) is 5.82 Å². The zero-order valence-electron chi connectivity index (χ0n) is 18.8. The van der Waals surface area contributed by atoms with E-state index in [1.807, 2.05) is 43.3 Å². The van der Waals surface area contributed by atoms with Gasteiger partial charge in [-0.25, -0.2) is 4.98 Å². The Labute approximate surface area is 213 Å². The minimum absolute atomic E-state index is 0.194. The predicted octanol–water partition coefficient (Wildman–Crippen LogP) is 6.82. The molecule has 0 saturated carbocycles. The van der Waals surface area contributed by atoms with E-state index in [1.54, 1.807) is 59.5 Å². The third-order valence-electron chi connectivity index (χ3n) is 6.08. The minimum Gasteiger partial charge on any atom is -0.310 e. The first kappa shape index (κ1) is 23.1. The molecule has 5 nitrogen and oxygen atoms in total. The van der Waals surface area contributed by atoms with Crippen molar-refractivity contribution in [1.82, 2.24) is 4.98 Å². The van der Waals surface area contributed by atoms with Gasteiger partial charge >= 0.3 is 0 Å². The Bertz CT molecular complexity index is 1400. The number of aryl methyl sites for hydroxylation is 1. The molecule has 1 N–H and O–H groups in total. The number of halogens is 2. The fourth-order valence-corrected chi connectivity index (χ4v) is 4.77. The van der Waals surface area contributed by atoms with Crippen LogP contribution in [0.3, 0.4) is 0 Å². The number of carbonyl (C=O) groups excluding carboxylic acids is 2. The molecular formula is C28H21Cl2N3O2. The lowest BCUT2D eigenvalue weighted by Gasteiger charge is -2.41. The zero-order valence-corrected chi connectivity index (χ0v) is 20.3. The van der Waals surface area contributed by atoms with Crippen LogP contribution in [0.5, 0.6) is 0 Å². The molecule has 35 heavy (non-hydrogen) atoms. The summed E-state index contributed by atoms with van der Waals surface area (Å²) in [6.45, 7) is 1.86. The maximum absolute atomic E-state index is 13.9. The van der Waals surface area contributed by atoms with Crippen molar-refractivity contribution in [1.29, 1.82) is 0 Å². The number of anilines is 2. The molecule has 2 atom stereocenters. The van der Waals surface area contributed by atoms with E-state index in [0.29, 0.717) is 32.7 Å². The minimum atomic E-state index is -0.705. The number of carbonyl (C=O) groups is 2.